The van der Waals surface area contributed by atoms with Crippen LogP contribution in [0.1, 0.15) is 31.7 Å². The molecule has 1 heterocycles. The molecule has 1 N–H and O–H groups in total. The molecule has 6 heteroatoms. The molecule has 0 spiro atoms. The summed E-state index contributed by atoms with van der Waals surface area (Å²) >= 11 is 0. The molecule has 3 rings (SSSR count). The molecule has 2 aliphatic rings. The number of methoxy groups -OCH3 is 1. The number of aliphatic hydroxyl groups is 1. The van der Waals surface area contributed by atoms with Gasteiger partial charge >= 0.3 is 5.97 Å². The Labute approximate surface area is 153 Å². The molecule has 1 saturated heterocycles. The van der Waals surface area contributed by atoms with Gasteiger partial charge in [-0.1, -0.05) is 18.7 Å². The van der Waals surface area contributed by atoms with Crippen molar-refractivity contribution in [1.82, 2.24) is 0 Å². The molecule has 2 fully saturated rings. The summed E-state index contributed by atoms with van der Waals surface area (Å²) in [5.74, 6) is 0.253. The van der Waals surface area contributed by atoms with Crippen LogP contribution in [0.4, 0.5) is 0 Å². The third-order valence-corrected chi connectivity index (χ3v) is 5.41. The van der Waals surface area contributed by atoms with Gasteiger partial charge in [0.15, 0.2) is 6.29 Å². The highest BCUT2D eigenvalue weighted by atomic mass is 16.7. The Morgan fingerprint density at radius 2 is 2.08 bits per heavy atom. The second-order valence-electron chi connectivity index (χ2n) is 6.75. The molecule has 0 radical (unpaired) electrons. The maximum absolute atomic E-state index is 12.9. The second kappa shape index (κ2) is 7.39. The van der Waals surface area contributed by atoms with E-state index in [1.54, 1.807) is 20.1 Å². The molecule has 1 aromatic carbocycles. The molecule has 0 unspecified atom stereocenters. The van der Waals surface area contributed by atoms with Crippen molar-refractivity contribution < 1.29 is 28.8 Å². The lowest BCUT2D eigenvalue weighted by molar-refractivity contribution is -0.159. The van der Waals surface area contributed by atoms with Crippen molar-refractivity contribution in [3.63, 3.8) is 0 Å². The average Bonchev–Trinajstić information content (AvgIpc) is 3.25. The van der Waals surface area contributed by atoms with Crippen LogP contribution >= 0.6 is 0 Å². The Balaban J connectivity index is 1.95. The first-order chi connectivity index (χ1) is 12.5. The quantitative estimate of drug-likeness (QED) is 0.619. The molecule has 1 aromatic rings. The number of rotatable bonds is 6. The van der Waals surface area contributed by atoms with Crippen molar-refractivity contribution in [2.24, 2.45) is 5.41 Å². The molecule has 0 aromatic heterocycles. The monoisotopic (exact) mass is 362 g/mol. The van der Waals surface area contributed by atoms with Crippen molar-refractivity contribution in [2.45, 2.75) is 38.1 Å². The van der Waals surface area contributed by atoms with E-state index in [2.05, 4.69) is 6.58 Å². The molecule has 6 nitrogen and oxygen atoms in total. The van der Waals surface area contributed by atoms with Gasteiger partial charge in [0, 0.05) is 6.42 Å². The second-order valence-corrected chi connectivity index (χ2v) is 6.75. The minimum Gasteiger partial charge on any atom is -0.497 e. The zero-order chi connectivity index (χ0) is 18.8. The Morgan fingerprint density at radius 3 is 2.73 bits per heavy atom. The van der Waals surface area contributed by atoms with Gasteiger partial charge in [-0.25, -0.2) is 0 Å². The highest BCUT2D eigenvalue weighted by molar-refractivity contribution is 5.82. The van der Waals surface area contributed by atoms with Gasteiger partial charge in [0.1, 0.15) is 11.4 Å². The number of carbonyl (C=O) groups excluding carboxylic acids is 1. The Hall–Kier alpha value is -1.89. The summed E-state index contributed by atoms with van der Waals surface area (Å²) in [7, 11) is 1.57. The molecule has 2 atom stereocenters. The topological polar surface area (TPSA) is 74.2 Å². The van der Waals surface area contributed by atoms with Crippen molar-refractivity contribution in [2.75, 3.05) is 26.9 Å². The number of hydrogen-bond acceptors (Lipinski definition) is 6. The number of carbonyl (C=O) groups is 1. The average molecular weight is 362 g/mol. The normalized spacial score (nSPS) is 29.1. The Morgan fingerprint density at radius 1 is 1.35 bits per heavy atom. The maximum atomic E-state index is 12.9. The van der Waals surface area contributed by atoms with E-state index in [-0.39, 0.29) is 19.0 Å². The van der Waals surface area contributed by atoms with E-state index < -0.39 is 17.3 Å². The minimum atomic E-state index is -1.33. The van der Waals surface area contributed by atoms with Gasteiger partial charge < -0.3 is 24.1 Å². The van der Waals surface area contributed by atoms with Crippen LogP contribution in [0.25, 0.3) is 0 Å². The predicted molar refractivity (Wildman–Crippen MR) is 94.6 cm³/mol. The lowest BCUT2D eigenvalue weighted by atomic mass is 9.75. The Kier molecular flexibility index (Phi) is 5.37. The molecular weight excluding hydrogens is 336 g/mol. The summed E-state index contributed by atoms with van der Waals surface area (Å²) in [4.78, 5) is 12.9. The van der Waals surface area contributed by atoms with E-state index >= 15 is 0 Å². The van der Waals surface area contributed by atoms with Gasteiger partial charge in [0.25, 0.3) is 0 Å². The maximum Gasteiger partial charge on any atom is 0.316 e. The van der Waals surface area contributed by atoms with E-state index in [0.717, 1.165) is 0 Å². The summed E-state index contributed by atoms with van der Waals surface area (Å²) in [5, 5.41) is 11.4. The van der Waals surface area contributed by atoms with Gasteiger partial charge in [-0.2, -0.15) is 0 Å². The Bertz CT molecular complexity index is 681. The van der Waals surface area contributed by atoms with Crippen LogP contribution in [0, 0.1) is 5.41 Å². The highest BCUT2D eigenvalue weighted by Crippen LogP contribution is 2.56. The van der Waals surface area contributed by atoms with E-state index in [9.17, 15) is 9.90 Å². The first-order valence-corrected chi connectivity index (χ1v) is 8.93. The van der Waals surface area contributed by atoms with Crippen LogP contribution < -0.4 is 4.74 Å². The SMILES string of the molecule is C=C1[C@](CC2OCCO2)(C(=O)OCC)CC[C@@]1(O)c1cccc(OC)c1. The zero-order valence-electron chi connectivity index (χ0n) is 15.3. The van der Waals surface area contributed by atoms with Crippen molar-refractivity contribution in [3.05, 3.63) is 42.0 Å². The molecule has 1 saturated carbocycles. The first-order valence-electron chi connectivity index (χ1n) is 8.93. The lowest BCUT2D eigenvalue weighted by Gasteiger charge is -2.34. The van der Waals surface area contributed by atoms with Crippen LogP contribution in [0.2, 0.25) is 0 Å². The summed E-state index contributed by atoms with van der Waals surface area (Å²) in [6.07, 6.45) is 0.576. The van der Waals surface area contributed by atoms with Crippen molar-refractivity contribution in [3.8, 4) is 5.75 Å². The predicted octanol–water partition coefficient (Wildman–Crippen LogP) is 2.55. The van der Waals surface area contributed by atoms with E-state index in [4.69, 9.17) is 18.9 Å². The standard InChI is InChI=1S/C20H26O6/c1-4-24-18(21)19(13-17-25-10-11-26-17)8-9-20(22,14(19)2)15-6-5-7-16(12-15)23-3/h5-7,12,17,22H,2,4,8-11,13H2,1,3H3/t19-,20-/m0/s1. The molecule has 142 valence electrons. The van der Waals surface area contributed by atoms with Gasteiger partial charge in [-0.15, -0.1) is 0 Å². The number of hydrogen-bond donors (Lipinski definition) is 1. The molecule has 1 aliphatic carbocycles. The largest absolute Gasteiger partial charge is 0.497 e. The number of esters is 1. The zero-order valence-corrected chi connectivity index (χ0v) is 15.3. The van der Waals surface area contributed by atoms with E-state index in [0.29, 0.717) is 42.9 Å². The summed E-state index contributed by atoms with van der Waals surface area (Å²) in [6.45, 7) is 7.15. The van der Waals surface area contributed by atoms with E-state index in [1.807, 2.05) is 18.2 Å². The number of benzene rings is 1. The van der Waals surface area contributed by atoms with Crippen LogP contribution in [-0.4, -0.2) is 44.3 Å². The summed E-state index contributed by atoms with van der Waals surface area (Å²) < 4.78 is 21.7. The lowest BCUT2D eigenvalue weighted by Crippen LogP contribution is -2.39. The molecule has 1 aliphatic heterocycles. The fraction of sp³-hybridized carbons (Fsp3) is 0.550. The first kappa shape index (κ1) is 18.9. The van der Waals surface area contributed by atoms with Gasteiger partial charge in [-0.3, -0.25) is 4.79 Å². The van der Waals surface area contributed by atoms with Crippen molar-refractivity contribution >= 4 is 5.97 Å². The van der Waals surface area contributed by atoms with Crippen LogP contribution in [0.15, 0.2) is 36.4 Å². The number of ether oxygens (including phenoxy) is 4. The van der Waals surface area contributed by atoms with Crippen molar-refractivity contribution in [1.29, 1.82) is 0 Å². The van der Waals surface area contributed by atoms with Gasteiger partial charge in [0.2, 0.25) is 0 Å². The molecule has 0 bridgehead atoms. The minimum absolute atomic E-state index is 0.262. The van der Waals surface area contributed by atoms with Crippen LogP contribution in [0.5, 0.6) is 5.75 Å². The van der Waals surface area contributed by atoms with Gasteiger partial charge in [0.05, 0.1) is 32.3 Å². The third kappa shape index (κ3) is 3.13. The van der Waals surface area contributed by atoms with E-state index in [1.165, 1.54) is 0 Å². The molecular formula is C20H26O6. The summed E-state index contributed by atoms with van der Waals surface area (Å²) in [5.41, 5.74) is -1.29. The van der Waals surface area contributed by atoms with Crippen LogP contribution in [-0.2, 0) is 24.6 Å². The fourth-order valence-corrected chi connectivity index (χ4v) is 3.90. The summed E-state index contributed by atoms with van der Waals surface area (Å²) in [6, 6.07) is 7.21. The molecule has 26 heavy (non-hydrogen) atoms. The highest BCUT2D eigenvalue weighted by Gasteiger charge is 2.58. The molecule has 0 amide bonds. The fourth-order valence-electron chi connectivity index (χ4n) is 3.90. The third-order valence-electron chi connectivity index (χ3n) is 5.41. The van der Waals surface area contributed by atoms with Crippen LogP contribution in [0.3, 0.4) is 0 Å². The van der Waals surface area contributed by atoms with Gasteiger partial charge in [-0.05, 0) is 43.0 Å². The smallest absolute Gasteiger partial charge is 0.316 e.